The second kappa shape index (κ2) is 8.46. The number of benzene rings is 2. The molecule has 0 amide bonds. The molecule has 12 nitrogen and oxygen atoms in total. The summed E-state index contributed by atoms with van der Waals surface area (Å²) in [6.45, 7) is 1.69. The van der Waals surface area contributed by atoms with Crippen molar-refractivity contribution in [2.24, 2.45) is 10.2 Å². The minimum atomic E-state index is -4.77. The first-order valence-corrected chi connectivity index (χ1v) is 10.1. The lowest BCUT2D eigenvalue weighted by atomic mass is 10.1. The monoisotopic (exact) mass is 457 g/mol. The van der Waals surface area contributed by atoms with Crippen molar-refractivity contribution in [2.45, 2.75) is 11.8 Å². The Labute approximate surface area is 181 Å². The Morgan fingerprint density at radius 1 is 1.22 bits per heavy atom. The predicted octanol–water partition coefficient (Wildman–Crippen LogP) is 3.13. The molecule has 0 aliphatic carbocycles. The van der Waals surface area contributed by atoms with Crippen LogP contribution in [0.4, 0.5) is 11.4 Å². The lowest BCUT2D eigenvalue weighted by molar-refractivity contribution is 0.0697. The van der Waals surface area contributed by atoms with Gasteiger partial charge < -0.3 is 14.9 Å². The number of rotatable bonds is 6. The van der Waals surface area contributed by atoms with Crippen LogP contribution in [0.15, 0.2) is 51.5 Å². The van der Waals surface area contributed by atoms with Crippen molar-refractivity contribution in [2.75, 3.05) is 7.11 Å². The Kier molecular flexibility index (Phi) is 5.92. The molecule has 0 aliphatic heterocycles. The number of hydrogen-bond acceptors (Lipinski definition) is 9. The Morgan fingerprint density at radius 2 is 1.94 bits per heavy atom. The molecule has 0 saturated heterocycles. The third kappa shape index (κ3) is 4.26. The SMILES string of the molecule is COc1ccc(-n2nc(C#N)c(N=Nc3ccc(C)cc3C(=O)O)c2O)c(S(=O)(=O)O)c1. The van der Waals surface area contributed by atoms with Gasteiger partial charge in [-0.3, -0.25) is 4.55 Å². The van der Waals surface area contributed by atoms with Crippen molar-refractivity contribution in [1.29, 1.82) is 5.26 Å². The van der Waals surface area contributed by atoms with Crippen LogP contribution in [0.3, 0.4) is 0 Å². The van der Waals surface area contributed by atoms with Crippen molar-refractivity contribution in [3.63, 3.8) is 0 Å². The number of azo groups is 1. The summed E-state index contributed by atoms with van der Waals surface area (Å²) in [4.78, 5) is 10.8. The number of methoxy groups -OCH3 is 1. The Bertz CT molecular complexity index is 1400. The summed E-state index contributed by atoms with van der Waals surface area (Å²) in [6.07, 6.45) is 0. The molecule has 13 heteroatoms. The Hall–Kier alpha value is -4.28. The molecule has 0 fully saturated rings. The molecule has 1 aromatic heterocycles. The molecular formula is C19H15N5O7S. The van der Waals surface area contributed by atoms with Crippen LogP contribution in [0.1, 0.15) is 21.6 Å². The molecule has 3 N–H and O–H groups in total. The van der Waals surface area contributed by atoms with Crippen LogP contribution in [0, 0.1) is 18.3 Å². The molecular weight excluding hydrogens is 442 g/mol. The van der Waals surface area contributed by atoms with Crippen LogP contribution in [0.25, 0.3) is 5.69 Å². The largest absolute Gasteiger partial charge is 0.497 e. The fourth-order valence-corrected chi connectivity index (χ4v) is 3.44. The highest BCUT2D eigenvalue weighted by Crippen LogP contribution is 2.36. The number of aromatic nitrogens is 2. The van der Waals surface area contributed by atoms with Gasteiger partial charge in [0.25, 0.3) is 10.1 Å². The normalized spacial score (nSPS) is 11.4. The first-order chi connectivity index (χ1) is 15.1. The summed E-state index contributed by atoms with van der Waals surface area (Å²) >= 11 is 0. The zero-order chi connectivity index (χ0) is 23.6. The quantitative estimate of drug-likeness (QED) is 0.369. The van der Waals surface area contributed by atoms with E-state index in [2.05, 4.69) is 15.3 Å². The second-order valence-electron chi connectivity index (χ2n) is 6.38. The summed E-state index contributed by atoms with van der Waals surface area (Å²) < 4.78 is 38.8. The highest BCUT2D eigenvalue weighted by atomic mass is 32.2. The number of carboxylic acid groups (broad SMARTS) is 1. The number of ether oxygens (including phenoxy) is 1. The standard InChI is InChI=1S/C19H15N5O7S/c1-10-3-5-13(12(7-10)19(26)27)21-22-17-14(9-20)23-24(18(17)25)15-6-4-11(31-2)8-16(15)32(28,29)30/h3-8,25H,1-2H3,(H,26,27)(H,28,29,30). The van der Waals surface area contributed by atoms with E-state index in [1.165, 1.54) is 31.4 Å². The van der Waals surface area contributed by atoms with E-state index in [0.29, 0.717) is 10.2 Å². The average Bonchev–Trinajstić information content (AvgIpc) is 3.07. The van der Waals surface area contributed by atoms with Gasteiger partial charge in [-0.05, 0) is 31.2 Å². The number of nitrogens with zero attached hydrogens (tertiary/aromatic N) is 5. The number of nitriles is 1. The molecule has 32 heavy (non-hydrogen) atoms. The number of carbonyl (C=O) groups is 1. The van der Waals surface area contributed by atoms with Crippen molar-refractivity contribution in [3.8, 4) is 23.4 Å². The van der Waals surface area contributed by atoms with Crippen LogP contribution in [0.5, 0.6) is 11.6 Å². The van der Waals surface area contributed by atoms with E-state index in [1.54, 1.807) is 19.1 Å². The molecule has 3 rings (SSSR count). The topological polar surface area (TPSA) is 187 Å². The Morgan fingerprint density at radius 3 is 2.53 bits per heavy atom. The number of aromatic carboxylic acids is 1. The molecule has 0 atom stereocenters. The third-order valence-electron chi connectivity index (χ3n) is 4.26. The highest BCUT2D eigenvalue weighted by Gasteiger charge is 2.25. The lowest BCUT2D eigenvalue weighted by Crippen LogP contribution is -2.07. The summed E-state index contributed by atoms with van der Waals surface area (Å²) in [6, 6.07) is 9.62. The zero-order valence-corrected chi connectivity index (χ0v) is 17.4. The first-order valence-electron chi connectivity index (χ1n) is 8.70. The fourth-order valence-electron chi connectivity index (χ4n) is 2.75. The van der Waals surface area contributed by atoms with Crippen LogP contribution >= 0.6 is 0 Å². The smallest absolute Gasteiger partial charge is 0.337 e. The van der Waals surface area contributed by atoms with Gasteiger partial charge >= 0.3 is 5.97 Å². The molecule has 0 saturated carbocycles. The number of aryl methyl sites for hydroxylation is 1. The predicted molar refractivity (Wildman–Crippen MR) is 109 cm³/mol. The summed E-state index contributed by atoms with van der Waals surface area (Å²) in [5, 5.41) is 40.7. The summed E-state index contributed by atoms with van der Waals surface area (Å²) in [5.41, 5.74) is -0.656. The van der Waals surface area contributed by atoms with Gasteiger partial charge in [0.15, 0.2) is 11.4 Å². The lowest BCUT2D eigenvalue weighted by Gasteiger charge is -2.10. The second-order valence-corrected chi connectivity index (χ2v) is 7.77. The van der Waals surface area contributed by atoms with Gasteiger partial charge in [0, 0.05) is 6.07 Å². The van der Waals surface area contributed by atoms with Crippen LogP contribution in [-0.4, -0.2) is 46.0 Å². The average molecular weight is 457 g/mol. The third-order valence-corrected chi connectivity index (χ3v) is 5.14. The maximum atomic E-state index is 11.8. The van der Waals surface area contributed by atoms with E-state index in [4.69, 9.17) is 4.74 Å². The van der Waals surface area contributed by atoms with E-state index >= 15 is 0 Å². The van der Waals surface area contributed by atoms with Gasteiger partial charge in [-0.15, -0.1) is 10.2 Å². The van der Waals surface area contributed by atoms with Gasteiger partial charge in [0.1, 0.15) is 22.4 Å². The molecule has 0 spiro atoms. The van der Waals surface area contributed by atoms with Gasteiger partial charge in [-0.25, -0.2) is 4.79 Å². The maximum absolute atomic E-state index is 11.8. The molecule has 0 radical (unpaired) electrons. The first kappa shape index (κ1) is 22.4. The van der Waals surface area contributed by atoms with Crippen LogP contribution in [-0.2, 0) is 10.1 Å². The molecule has 3 aromatic rings. The molecule has 0 unspecified atom stereocenters. The summed E-state index contributed by atoms with van der Waals surface area (Å²) in [7, 11) is -3.48. The Balaban J connectivity index is 2.17. The van der Waals surface area contributed by atoms with E-state index in [-0.39, 0.29) is 22.7 Å². The van der Waals surface area contributed by atoms with Gasteiger partial charge in [0.05, 0.1) is 18.4 Å². The van der Waals surface area contributed by atoms with Gasteiger partial charge in [-0.2, -0.15) is 23.5 Å². The molecule has 0 aliphatic rings. The number of carboxylic acids is 1. The van der Waals surface area contributed by atoms with E-state index in [1.807, 2.05) is 0 Å². The van der Waals surface area contributed by atoms with Crippen molar-refractivity contribution < 1.29 is 32.7 Å². The molecule has 2 aromatic carbocycles. The van der Waals surface area contributed by atoms with E-state index in [0.717, 1.165) is 6.07 Å². The van der Waals surface area contributed by atoms with Crippen molar-refractivity contribution >= 4 is 27.5 Å². The van der Waals surface area contributed by atoms with E-state index < -0.39 is 38.2 Å². The minimum Gasteiger partial charge on any atom is -0.497 e. The number of aromatic hydroxyl groups is 1. The van der Waals surface area contributed by atoms with Crippen molar-refractivity contribution in [1.82, 2.24) is 9.78 Å². The van der Waals surface area contributed by atoms with Crippen LogP contribution in [0.2, 0.25) is 0 Å². The van der Waals surface area contributed by atoms with E-state index in [9.17, 15) is 33.2 Å². The zero-order valence-electron chi connectivity index (χ0n) is 16.6. The molecule has 0 bridgehead atoms. The molecule has 164 valence electrons. The fraction of sp³-hybridized carbons (Fsp3) is 0.105. The molecule has 1 heterocycles. The summed E-state index contributed by atoms with van der Waals surface area (Å²) in [5.74, 6) is -1.91. The van der Waals surface area contributed by atoms with Crippen LogP contribution < -0.4 is 4.74 Å². The maximum Gasteiger partial charge on any atom is 0.337 e. The highest BCUT2D eigenvalue weighted by molar-refractivity contribution is 7.86. The van der Waals surface area contributed by atoms with Gasteiger partial charge in [-0.1, -0.05) is 11.6 Å². The minimum absolute atomic E-state index is 0.0396. The van der Waals surface area contributed by atoms with Gasteiger partial charge in [0.2, 0.25) is 5.88 Å². The van der Waals surface area contributed by atoms with Crippen molar-refractivity contribution in [3.05, 3.63) is 53.2 Å². The number of hydrogen-bond donors (Lipinski definition) is 3.